The van der Waals surface area contributed by atoms with Crippen molar-refractivity contribution in [3.05, 3.63) is 4.91 Å². The molecule has 0 spiro atoms. The number of rotatable bonds is 2. The molecule has 0 radical (unpaired) electrons. The summed E-state index contributed by atoms with van der Waals surface area (Å²) in [5.41, 5.74) is 0. The number of hydrogen-bond acceptors (Lipinski definition) is 3. The normalized spacial score (nSPS) is 16.1. The standard InChI is InChI=1S/C5H9N3O2/c1-6-5(9)8(7-10)4-2-3-4/h4H,2-3H2,1H3,(H,6,9). The summed E-state index contributed by atoms with van der Waals surface area (Å²) in [5.74, 6) is 0. The summed E-state index contributed by atoms with van der Waals surface area (Å²) >= 11 is 0. The number of hydrogen-bond donors (Lipinski definition) is 1. The molecule has 0 bridgehead atoms. The molecule has 2 amide bonds. The number of carbonyl (C=O) groups is 1. The highest BCUT2D eigenvalue weighted by molar-refractivity contribution is 5.74. The molecule has 1 fully saturated rings. The molecule has 0 heterocycles. The van der Waals surface area contributed by atoms with Gasteiger partial charge in [-0.1, -0.05) is 0 Å². The van der Waals surface area contributed by atoms with Gasteiger partial charge in [0, 0.05) is 7.05 Å². The first-order chi connectivity index (χ1) is 4.79. The number of carbonyl (C=O) groups excluding carboxylic acids is 1. The highest BCUT2D eigenvalue weighted by atomic mass is 16.3. The Kier molecular flexibility index (Phi) is 1.84. The van der Waals surface area contributed by atoms with Crippen LogP contribution < -0.4 is 5.32 Å². The number of urea groups is 1. The van der Waals surface area contributed by atoms with Crippen LogP contribution in [-0.4, -0.2) is 24.1 Å². The summed E-state index contributed by atoms with van der Waals surface area (Å²) in [7, 11) is 1.48. The Balaban J connectivity index is 2.46. The van der Waals surface area contributed by atoms with E-state index >= 15 is 0 Å². The van der Waals surface area contributed by atoms with Crippen LogP contribution in [0.1, 0.15) is 12.8 Å². The van der Waals surface area contributed by atoms with E-state index in [2.05, 4.69) is 10.6 Å². The lowest BCUT2D eigenvalue weighted by molar-refractivity contribution is 0.198. The third-order valence-corrected chi connectivity index (χ3v) is 1.40. The lowest BCUT2D eigenvalue weighted by Gasteiger charge is -2.09. The molecule has 0 aromatic heterocycles. The summed E-state index contributed by atoms with van der Waals surface area (Å²) in [6.45, 7) is 0. The minimum Gasteiger partial charge on any atom is -0.339 e. The quantitative estimate of drug-likeness (QED) is 0.451. The van der Waals surface area contributed by atoms with Gasteiger partial charge in [0.15, 0.2) is 0 Å². The van der Waals surface area contributed by atoms with Gasteiger partial charge < -0.3 is 5.32 Å². The Morgan fingerprint density at radius 3 is 2.60 bits per heavy atom. The van der Waals surface area contributed by atoms with E-state index in [0.717, 1.165) is 17.9 Å². The first-order valence-corrected chi connectivity index (χ1v) is 3.14. The Morgan fingerprint density at radius 1 is 1.70 bits per heavy atom. The van der Waals surface area contributed by atoms with Gasteiger partial charge in [-0.2, -0.15) is 5.01 Å². The highest BCUT2D eigenvalue weighted by Gasteiger charge is 2.33. The molecule has 0 aliphatic heterocycles. The number of nitroso groups, excluding NO2 is 1. The van der Waals surface area contributed by atoms with Gasteiger partial charge >= 0.3 is 6.03 Å². The average molecular weight is 143 g/mol. The molecule has 56 valence electrons. The largest absolute Gasteiger partial charge is 0.340 e. The van der Waals surface area contributed by atoms with Crippen molar-refractivity contribution in [2.24, 2.45) is 5.29 Å². The summed E-state index contributed by atoms with van der Waals surface area (Å²) in [6.07, 6.45) is 1.78. The molecule has 0 saturated heterocycles. The van der Waals surface area contributed by atoms with E-state index in [-0.39, 0.29) is 6.04 Å². The SMILES string of the molecule is CNC(=O)N(N=O)C1CC1. The van der Waals surface area contributed by atoms with Crippen molar-refractivity contribution < 1.29 is 4.79 Å². The molecule has 0 unspecified atom stereocenters. The van der Waals surface area contributed by atoms with E-state index in [1.165, 1.54) is 7.05 Å². The molecule has 0 atom stereocenters. The van der Waals surface area contributed by atoms with Crippen molar-refractivity contribution in [1.82, 2.24) is 10.3 Å². The van der Waals surface area contributed by atoms with Gasteiger partial charge in [0.2, 0.25) is 0 Å². The first-order valence-electron chi connectivity index (χ1n) is 3.14. The molecule has 0 aromatic carbocycles. The van der Waals surface area contributed by atoms with Crippen molar-refractivity contribution in [3.8, 4) is 0 Å². The minimum absolute atomic E-state index is 0.0532. The molecule has 1 aliphatic carbocycles. The van der Waals surface area contributed by atoms with Gasteiger partial charge in [-0.25, -0.2) is 4.79 Å². The maximum atomic E-state index is 10.7. The fourth-order valence-corrected chi connectivity index (χ4v) is 0.703. The molecule has 1 aliphatic rings. The van der Waals surface area contributed by atoms with Gasteiger partial charge in [0.25, 0.3) is 0 Å². The topological polar surface area (TPSA) is 61.8 Å². The van der Waals surface area contributed by atoms with Crippen LogP contribution in [0.15, 0.2) is 5.29 Å². The van der Waals surface area contributed by atoms with Crippen LogP contribution in [0.3, 0.4) is 0 Å². The predicted molar refractivity (Wildman–Crippen MR) is 35.1 cm³/mol. The average Bonchev–Trinajstić information content (AvgIpc) is 2.73. The van der Waals surface area contributed by atoms with E-state index in [4.69, 9.17) is 0 Å². The van der Waals surface area contributed by atoms with Gasteiger partial charge in [-0.3, -0.25) is 0 Å². The van der Waals surface area contributed by atoms with Crippen molar-refractivity contribution in [1.29, 1.82) is 0 Å². The highest BCUT2D eigenvalue weighted by Crippen LogP contribution is 2.26. The van der Waals surface area contributed by atoms with E-state index in [1.807, 2.05) is 0 Å². The van der Waals surface area contributed by atoms with Crippen molar-refractivity contribution in [2.75, 3.05) is 7.05 Å². The summed E-state index contributed by atoms with van der Waals surface area (Å²) in [4.78, 5) is 20.7. The zero-order valence-electron chi connectivity index (χ0n) is 5.70. The lowest BCUT2D eigenvalue weighted by atomic mass is 10.6. The summed E-state index contributed by atoms with van der Waals surface area (Å²) < 4.78 is 0. The monoisotopic (exact) mass is 143 g/mol. The van der Waals surface area contributed by atoms with Crippen molar-refractivity contribution in [2.45, 2.75) is 18.9 Å². The zero-order valence-corrected chi connectivity index (χ0v) is 5.70. The van der Waals surface area contributed by atoms with Gasteiger partial charge in [-0.15, -0.1) is 4.91 Å². The predicted octanol–water partition coefficient (Wildman–Crippen LogP) is 0.472. The first kappa shape index (κ1) is 6.98. The van der Waals surface area contributed by atoms with Gasteiger partial charge in [0.1, 0.15) is 0 Å². The van der Waals surface area contributed by atoms with Crippen LogP contribution in [0.4, 0.5) is 4.79 Å². The van der Waals surface area contributed by atoms with Crippen LogP contribution in [0.2, 0.25) is 0 Å². The van der Waals surface area contributed by atoms with E-state index in [9.17, 15) is 9.70 Å². The van der Waals surface area contributed by atoms with Crippen LogP contribution in [0, 0.1) is 4.91 Å². The Morgan fingerprint density at radius 2 is 2.30 bits per heavy atom. The lowest BCUT2D eigenvalue weighted by Crippen LogP contribution is -2.35. The van der Waals surface area contributed by atoms with Gasteiger partial charge in [0.05, 0.1) is 11.3 Å². The molecule has 1 N–H and O–H groups in total. The van der Waals surface area contributed by atoms with Crippen molar-refractivity contribution in [3.63, 3.8) is 0 Å². The third-order valence-electron chi connectivity index (χ3n) is 1.40. The Labute approximate surface area is 58.3 Å². The minimum atomic E-state index is -0.419. The molecule has 1 saturated carbocycles. The molecule has 5 heteroatoms. The summed E-state index contributed by atoms with van der Waals surface area (Å²) in [5, 5.41) is 5.87. The van der Waals surface area contributed by atoms with Crippen LogP contribution in [-0.2, 0) is 0 Å². The molecule has 5 nitrogen and oxygen atoms in total. The molecule has 1 rings (SSSR count). The third kappa shape index (κ3) is 1.23. The Bertz CT molecular complexity index is 155. The zero-order chi connectivity index (χ0) is 7.56. The molecule has 0 aromatic rings. The van der Waals surface area contributed by atoms with E-state index in [1.54, 1.807) is 0 Å². The smallest absolute Gasteiger partial charge is 0.339 e. The van der Waals surface area contributed by atoms with Crippen molar-refractivity contribution >= 4 is 6.03 Å². The molecule has 10 heavy (non-hydrogen) atoms. The van der Waals surface area contributed by atoms with E-state index in [0.29, 0.717) is 0 Å². The number of nitrogens with one attached hydrogen (secondary N) is 1. The van der Waals surface area contributed by atoms with Crippen LogP contribution in [0.25, 0.3) is 0 Å². The maximum absolute atomic E-state index is 10.7. The van der Waals surface area contributed by atoms with Gasteiger partial charge in [-0.05, 0) is 12.8 Å². The molecular formula is C5H9N3O2. The van der Waals surface area contributed by atoms with E-state index < -0.39 is 6.03 Å². The van der Waals surface area contributed by atoms with Crippen LogP contribution in [0.5, 0.6) is 0 Å². The summed E-state index contributed by atoms with van der Waals surface area (Å²) in [6, 6.07) is -0.366. The maximum Gasteiger partial charge on any atom is 0.340 e. The van der Waals surface area contributed by atoms with Crippen LogP contribution >= 0.6 is 0 Å². The fraction of sp³-hybridized carbons (Fsp3) is 0.800. The second kappa shape index (κ2) is 2.64. The second-order valence-electron chi connectivity index (χ2n) is 2.21. The molecular weight excluding hydrogens is 134 g/mol. The fourth-order valence-electron chi connectivity index (χ4n) is 0.703. The second-order valence-corrected chi connectivity index (χ2v) is 2.21. The number of nitrogens with zero attached hydrogens (tertiary/aromatic N) is 2. The number of amides is 2. The Hall–Kier alpha value is -1.13.